The van der Waals surface area contributed by atoms with E-state index in [9.17, 15) is 19.7 Å². The van der Waals surface area contributed by atoms with Gasteiger partial charge in [0.2, 0.25) is 0 Å². The second kappa shape index (κ2) is 6.09. The molecule has 1 aromatic heterocycles. The Morgan fingerprint density at radius 1 is 1.38 bits per heavy atom. The Morgan fingerprint density at radius 3 is 2.71 bits per heavy atom. The fraction of sp³-hybridized carbons (Fsp3) is 0.0833. The van der Waals surface area contributed by atoms with E-state index in [-0.39, 0.29) is 22.1 Å². The van der Waals surface area contributed by atoms with Crippen LogP contribution in [0.25, 0.3) is 0 Å². The molecule has 0 aliphatic carbocycles. The summed E-state index contributed by atoms with van der Waals surface area (Å²) >= 11 is 0.725. The first kappa shape index (κ1) is 14.6. The molecule has 0 saturated heterocycles. The zero-order valence-corrected chi connectivity index (χ0v) is 11.3. The van der Waals surface area contributed by atoms with Gasteiger partial charge in [0.1, 0.15) is 6.20 Å². The number of carboxylic acids is 1. The molecule has 0 fully saturated rings. The molecule has 0 radical (unpaired) electrons. The van der Waals surface area contributed by atoms with Crippen LogP contribution in [0.15, 0.2) is 30.5 Å². The maximum atomic E-state index is 12.1. The summed E-state index contributed by atoms with van der Waals surface area (Å²) in [6.07, 6.45) is 0.755. The van der Waals surface area contributed by atoms with Crippen LogP contribution in [0.1, 0.15) is 15.9 Å². The normalized spacial score (nSPS) is 10.1. The maximum Gasteiger partial charge on any atom is 0.345 e. The SMILES string of the molecule is O=C(O)Cc1ccccc1C(=O)Nc1ncc([N+](=O)[O-])s1. The Morgan fingerprint density at radius 2 is 2.10 bits per heavy atom. The zero-order chi connectivity index (χ0) is 15.4. The molecule has 0 bridgehead atoms. The number of aromatic nitrogens is 1. The van der Waals surface area contributed by atoms with Gasteiger partial charge in [-0.3, -0.25) is 25.0 Å². The lowest BCUT2D eigenvalue weighted by molar-refractivity contribution is -0.380. The molecule has 1 heterocycles. The maximum absolute atomic E-state index is 12.1. The van der Waals surface area contributed by atoms with Crippen LogP contribution in [0.4, 0.5) is 10.1 Å². The fourth-order valence-electron chi connectivity index (χ4n) is 1.63. The van der Waals surface area contributed by atoms with Crippen molar-refractivity contribution in [1.29, 1.82) is 0 Å². The molecule has 8 nitrogen and oxygen atoms in total. The number of anilines is 1. The summed E-state index contributed by atoms with van der Waals surface area (Å²) in [7, 11) is 0. The average Bonchev–Trinajstić information content (AvgIpc) is 2.87. The molecular formula is C12H9N3O5S. The lowest BCUT2D eigenvalue weighted by Crippen LogP contribution is -2.15. The first-order valence-electron chi connectivity index (χ1n) is 5.68. The predicted molar refractivity (Wildman–Crippen MR) is 74.5 cm³/mol. The molecule has 0 aliphatic rings. The molecule has 108 valence electrons. The molecule has 1 aromatic carbocycles. The van der Waals surface area contributed by atoms with Crippen molar-refractivity contribution < 1.29 is 19.6 Å². The second-order valence-corrected chi connectivity index (χ2v) is 4.95. The lowest BCUT2D eigenvalue weighted by atomic mass is 10.0. The zero-order valence-electron chi connectivity index (χ0n) is 10.5. The number of carboxylic acid groups (broad SMARTS) is 1. The van der Waals surface area contributed by atoms with Crippen molar-refractivity contribution in [2.75, 3.05) is 5.32 Å². The van der Waals surface area contributed by atoms with Gasteiger partial charge in [0.15, 0.2) is 5.13 Å². The Labute approximate surface area is 122 Å². The monoisotopic (exact) mass is 307 g/mol. The third-order valence-corrected chi connectivity index (χ3v) is 3.36. The molecule has 2 rings (SSSR count). The molecule has 21 heavy (non-hydrogen) atoms. The van der Waals surface area contributed by atoms with Gasteiger partial charge in [-0.25, -0.2) is 4.98 Å². The van der Waals surface area contributed by atoms with Crippen LogP contribution in [0.3, 0.4) is 0 Å². The minimum Gasteiger partial charge on any atom is -0.481 e. The number of aliphatic carboxylic acids is 1. The number of amides is 1. The van der Waals surface area contributed by atoms with Gasteiger partial charge >= 0.3 is 11.0 Å². The number of rotatable bonds is 5. The van der Waals surface area contributed by atoms with Gasteiger partial charge in [-0.1, -0.05) is 18.2 Å². The summed E-state index contributed by atoms with van der Waals surface area (Å²) < 4.78 is 0. The van der Waals surface area contributed by atoms with E-state index in [1.807, 2.05) is 0 Å². The first-order valence-corrected chi connectivity index (χ1v) is 6.50. The quantitative estimate of drug-likeness (QED) is 0.642. The summed E-state index contributed by atoms with van der Waals surface area (Å²) in [4.78, 5) is 36.5. The summed E-state index contributed by atoms with van der Waals surface area (Å²) in [5.74, 6) is -1.61. The van der Waals surface area contributed by atoms with Crippen molar-refractivity contribution in [3.63, 3.8) is 0 Å². The van der Waals surface area contributed by atoms with Gasteiger partial charge in [0.25, 0.3) is 5.91 Å². The minimum atomic E-state index is -1.06. The topological polar surface area (TPSA) is 122 Å². The molecule has 0 saturated carbocycles. The molecular weight excluding hydrogens is 298 g/mol. The van der Waals surface area contributed by atoms with Crippen molar-refractivity contribution in [3.05, 3.63) is 51.7 Å². The summed E-state index contributed by atoms with van der Waals surface area (Å²) in [6, 6.07) is 6.25. The van der Waals surface area contributed by atoms with Crippen LogP contribution in [-0.4, -0.2) is 26.9 Å². The number of hydrogen-bond acceptors (Lipinski definition) is 6. The first-order chi connectivity index (χ1) is 9.97. The van der Waals surface area contributed by atoms with E-state index in [2.05, 4.69) is 10.3 Å². The smallest absolute Gasteiger partial charge is 0.345 e. The molecule has 2 aromatic rings. The molecule has 0 spiro atoms. The Hall–Kier alpha value is -2.81. The van der Waals surface area contributed by atoms with Crippen molar-refractivity contribution in [1.82, 2.24) is 4.98 Å². The summed E-state index contributed by atoms with van der Waals surface area (Å²) in [5.41, 5.74) is 0.548. The lowest BCUT2D eigenvalue weighted by Gasteiger charge is -2.06. The number of hydrogen-bond donors (Lipinski definition) is 2. The standard InChI is InChI=1S/C12H9N3O5S/c16-10(17)5-7-3-1-2-4-8(7)11(18)14-12-13-6-9(21-12)15(19)20/h1-4,6H,5H2,(H,16,17)(H,13,14,18). The van der Waals surface area contributed by atoms with E-state index in [0.717, 1.165) is 17.5 Å². The third kappa shape index (κ3) is 3.60. The fourth-order valence-corrected chi connectivity index (χ4v) is 2.26. The number of benzene rings is 1. The van der Waals surface area contributed by atoms with Crippen LogP contribution in [0.2, 0.25) is 0 Å². The van der Waals surface area contributed by atoms with Gasteiger partial charge in [-0.2, -0.15) is 0 Å². The van der Waals surface area contributed by atoms with E-state index in [1.165, 1.54) is 12.1 Å². The van der Waals surface area contributed by atoms with Gasteiger partial charge < -0.3 is 5.11 Å². The highest BCUT2D eigenvalue weighted by atomic mass is 32.1. The van der Waals surface area contributed by atoms with Crippen LogP contribution in [-0.2, 0) is 11.2 Å². The van der Waals surface area contributed by atoms with E-state index < -0.39 is 16.8 Å². The Bertz CT molecular complexity index is 712. The predicted octanol–water partition coefficient (Wildman–Crippen LogP) is 1.93. The van der Waals surface area contributed by atoms with Crippen molar-refractivity contribution >= 4 is 33.3 Å². The van der Waals surface area contributed by atoms with Gasteiger partial charge in [0, 0.05) is 5.56 Å². The molecule has 2 N–H and O–H groups in total. The molecule has 0 unspecified atom stereocenters. The molecule has 0 aliphatic heterocycles. The highest BCUT2D eigenvalue weighted by Crippen LogP contribution is 2.25. The number of nitrogens with zero attached hydrogens (tertiary/aromatic N) is 2. The average molecular weight is 307 g/mol. The van der Waals surface area contributed by atoms with Gasteiger partial charge in [0.05, 0.1) is 11.3 Å². The number of thiazole rings is 1. The van der Waals surface area contributed by atoms with Gasteiger partial charge in [-0.15, -0.1) is 0 Å². The minimum absolute atomic E-state index is 0.0804. The van der Waals surface area contributed by atoms with Crippen LogP contribution in [0.5, 0.6) is 0 Å². The van der Waals surface area contributed by atoms with Crippen molar-refractivity contribution in [3.8, 4) is 0 Å². The van der Waals surface area contributed by atoms with E-state index in [4.69, 9.17) is 5.11 Å². The van der Waals surface area contributed by atoms with E-state index in [1.54, 1.807) is 12.1 Å². The number of nitrogens with one attached hydrogen (secondary N) is 1. The summed E-state index contributed by atoms with van der Waals surface area (Å²) in [5, 5.41) is 21.7. The molecule has 1 amide bonds. The largest absolute Gasteiger partial charge is 0.481 e. The Balaban J connectivity index is 2.19. The van der Waals surface area contributed by atoms with Crippen molar-refractivity contribution in [2.24, 2.45) is 0 Å². The second-order valence-electron chi connectivity index (χ2n) is 3.94. The van der Waals surface area contributed by atoms with E-state index >= 15 is 0 Å². The number of carbonyl (C=O) groups is 2. The molecule has 0 atom stereocenters. The number of nitro groups is 1. The Kier molecular flexibility index (Phi) is 4.24. The number of carbonyl (C=O) groups excluding carboxylic acids is 1. The van der Waals surface area contributed by atoms with Crippen molar-refractivity contribution in [2.45, 2.75) is 6.42 Å². The highest BCUT2D eigenvalue weighted by molar-refractivity contribution is 7.18. The van der Waals surface area contributed by atoms with Gasteiger partial charge in [-0.05, 0) is 23.0 Å². The molecule has 9 heteroatoms. The van der Waals surface area contributed by atoms with E-state index in [0.29, 0.717) is 5.56 Å². The highest BCUT2D eigenvalue weighted by Gasteiger charge is 2.17. The van der Waals surface area contributed by atoms with Crippen LogP contribution < -0.4 is 5.32 Å². The van der Waals surface area contributed by atoms with Crippen LogP contribution in [0, 0.1) is 10.1 Å². The van der Waals surface area contributed by atoms with Crippen LogP contribution >= 0.6 is 11.3 Å². The summed E-state index contributed by atoms with van der Waals surface area (Å²) in [6.45, 7) is 0. The third-order valence-electron chi connectivity index (χ3n) is 2.50.